The van der Waals surface area contributed by atoms with Crippen LogP contribution in [-0.4, -0.2) is 31.5 Å². The van der Waals surface area contributed by atoms with E-state index in [-0.39, 0.29) is 18.4 Å². The number of amides is 2. The summed E-state index contributed by atoms with van der Waals surface area (Å²) >= 11 is 0. The van der Waals surface area contributed by atoms with Gasteiger partial charge in [-0.15, -0.1) is 0 Å². The van der Waals surface area contributed by atoms with Gasteiger partial charge in [-0.05, 0) is 49.4 Å². The van der Waals surface area contributed by atoms with Crippen LogP contribution in [0.2, 0.25) is 0 Å². The molecular weight excluding hydrogens is 380 g/mol. The largest absolute Gasteiger partial charge is 0.489 e. The van der Waals surface area contributed by atoms with Gasteiger partial charge in [0.1, 0.15) is 29.9 Å². The molecule has 0 saturated heterocycles. The van der Waals surface area contributed by atoms with E-state index in [0.29, 0.717) is 28.5 Å². The number of nitrogens with one attached hydrogen (secondary N) is 1. The van der Waals surface area contributed by atoms with Gasteiger partial charge < -0.3 is 19.7 Å². The van der Waals surface area contributed by atoms with E-state index in [1.54, 1.807) is 37.4 Å². The molecule has 6 heteroatoms. The fourth-order valence-corrected chi connectivity index (χ4v) is 3.24. The van der Waals surface area contributed by atoms with Crippen LogP contribution in [0, 0.1) is 6.92 Å². The van der Waals surface area contributed by atoms with Crippen molar-refractivity contribution < 1.29 is 19.1 Å². The van der Waals surface area contributed by atoms with E-state index < -0.39 is 6.04 Å². The van der Waals surface area contributed by atoms with Crippen LogP contribution in [0.3, 0.4) is 0 Å². The Morgan fingerprint density at radius 3 is 2.60 bits per heavy atom. The topological polar surface area (TPSA) is 67.9 Å². The number of aryl methyl sites for hydroxylation is 1. The zero-order valence-electron chi connectivity index (χ0n) is 16.8. The molecule has 0 bridgehead atoms. The summed E-state index contributed by atoms with van der Waals surface area (Å²) in [6.45, 7) is 2.06. The van der Waals surface area contributed by atoms with Crippen LogP contribution in [0.1, 0.15) is 15.9 Å². The monoisotopic (exact) mass is 402 g/mol. The van der Waals surface area contributed by atoms with E-state index in [1.807, 2.05) is 49.4 Å². The van der Waals surface area contributed by atoms with Gasteiger partial charge in [-0.2, -0.15) is 0 Å². The molecule has 3 aromatic carbocycles. The van der Waals surface area contributed by atoms with Gasteiger partial charge in [0, 0.05) is 12.6 Å². The SMILES string of the molecule is Cc1ccc(Oc2cccc(C(=O)NC3COc4ccccc4N(C)C3=O)c2)cc1. The molecule has 0 radical (unpaired) electrons. The fraction of sp³-hybridized carbons (Fsp3) is 0.167. The van der Waals surface area contributed by atoms with Crippen molar-refractivity contribution in [3.8, 4) is 17.2 Å². The summed E-state index contributed by atoms with van der Waals surface area (Å²) in [5, 5.41) is 2.78. The molecule has 1 heterocycles. The first-order valence-corrected chi connectivity index (χ1v) is 9.66. The quantitative estimate of drug-likeness (QED) is 0.718. The molecular formula is C24H22N2O4. The Bertz CT molecular complexity index is 1080. The van der Waals surface area contributed by atoms with Crippen molar-refractivity contribution in [2.45, 2.75) is 13.0 Å². The van der Waals surface area contributed by atoms with Crippen LogP contribution < -0.4 is 19.7 Å². The molecule has 1 unspecified atom stereocenters. The number of para-hydroxylation sites is 2. The van der Waals surface area contributed by atoms with Gasteiger partial charge in [0.2, 0.25) is 0 Å². The molecule has 1 N–H and O–H groups in total. The molecule has 0 aliphatic carbocycles. The molecule has 1 atom stereocenters. The highest BCUT2D eigenvalue weighted by atomic mass is 16.5. The molecule has 0 spiro atoms. The molecule has 6 nitrogen and oxygen atoms in total. The highest BCUT2D eigenvalue weighted by molar-refractivity contribution is 6.03. The van der Waals surface area contributed by atoms with Crippen molar-refractivity contribution >= 4 is 17.5 Å². The average Bonchev–Trinajstić information content (AvgIpc) is 2.88. The molecule has 1 aliphatic rings. The first-order valence-electron chi connectivity index (χ1n) is 9.66. The van der Waals surface area contributed by atoms with Crippen LogP contribution >= 0.6 is 0 Å². The lowest BCUT2D eigenvalue weighted by atomic mass is 10.1. The van der Waals surface area contributed by atoms with Gasteiger partial charge >= 0.3 is 0 Å². The van der Waals surface area contributed by atoms with Gasteiger partial charge in [-0.1, -0.05) is 35.9 Å². The van der Waals surface area contributed by atoms with E-state index >= 15 is 0 Å². The number of hydrogen-bond donors (Lipinski definition) is 1. The Morgan fingerprint density at radius 2 is 1.80 bits per heavy atom. The summed E-state index contributed by atoms with van der Waals surface area (Å²) in [5.41, 5.74) is 2.21. The number of fused-ring (bicyclic) bond motifs is 1. The van der Waals surface area contributed by atoms with E-state index in [1.165, 1.54) is 4.90 Å². The highest BCUT2D eigenvalue weighted by Gasteiger charge is 2.30. The number of benzene rings is 3. The number of rotatable bonds is 4. The maximum atomic E-state index is 12.8. The zero-order valence-corrected chi connectivity index (χ0v) is 16.8. The summed E-state index contributed by atoms with van der Waals surface area (Å²) in [6, 6.07) is 21.0. The summed E-state index contributed by atoms with van der Waals surface area (Å²) in [4.78, 5) is 27.1. The number of likely N-dealkylation sites (N-methyl/N-ethyl adjacent to an activating group) is 1. The lowest BCUT2D eigenvalue weighted by Gasteiger charge is -2.20. The molecule has 0 saturated carbocycles. The molecule has 4 rings (SSSR count). The first kappa shape index (κ1) is 19.5. The molecule has 0 aromatic heterocycles. The summed E-state index contributed by atoms with van der Waals surface area (Å²) < 4.78 is 11.6. The number of nitrogens with zero attached hydrogens (tertiary/aromatic N) is 1. The van der Waals surface area contributed by atoms with E-state index in [2.05, 4.69) is 5.32 Å². The fourth-order valence-electron chi connectivity index (χ4n) is 3.24. The summed E-state index contributed by atoms with van der Waals surface area (Å²) in [6.07, 6.45) is 0. The highest BCUT2D eigenvalue weighted by Crippen LogP contribution is 2.30. The van der Waals surface area contributed by atoms with Gasteiger partial charge in [0.25, 0.3) is 11.8 Å². The van der Waals surface area contributed by atoms with Crippen molar-refractivity contribution in [2.75, 3.05) is 18.6 Å². The second kappa shape index (κ2) is 8.29. The third-order valence-corrected chi connectivity index (χ3v) is 4.92. The normalized spacial score (nSPS) is 15.6. The number of ether oxygens (including phenoxy) is 2. The Kier molecular flexibility index (Phi) is 5.39. The zero-order chi connectivity index (χ0) is 21.1. The average molecular weight is 402 g/mol. The minimum atomic E-state index is -0.795. The van der Waals surface area contributed by atoms with Crippen LogP contribution in [0.25, 0.3) is 0 Å². The van der Waals surface area contributed by atoms with Gasteiger partial charge in [0.15, 0.2) is 0 Å². The molecule has 152 valence electrons. The second-order valence-corrected chi connectivity index (χ2v) is 7.14. The van der Waals surface area contributed by atoms with Crippen LogP contribution in [0.15, 0.2) is 72.8 Å². The lowest BCUT2D eigenvalue weighted by molar-refractivity contribution is -0.120. The lowest BCUT2D eigenvalue weighted by Crippen LogP contribution is -2.49. The van der Waals surface area contributed by atoms with Crippen molar-refractivity contribution in [3.63, 3.8) is 0 Å². The molecule has 1 aliphatic heterocycles. The van der Waals surface area contributed by atoms with Crippen molar-refractivity contribution in [1.82, 2.24) is 5.32 Å². The van der Waals surface area contributed by atoms with Crippen molar-refractivity contribution in [3.05, 3.63) is 83.9 Å². The predicted molar refractivity (Wildman–Crippen MR) is 114 cm³/mol. The number of anilines is 1. The van der Waals surface area contributed by atoms with Gasteiger partial charge in [0.05, 0.1) is 5.69 Å². The number of carbonyl (C=O) groups is 2. The first-order chi connectivity index (χ1) is 14.5. The van der Waals surface area contributed by atoms with Crippen LogP contribution in [0.5, 0.6) is 17.2 Å². The third-order valence-electron chi connectivity index (χ3n) is 4.92. The predicted octanol–water partition coefficient (Wildman–Crippen LogP) is 3.94. The molecule has 3 aromatic rings. The standard InChI is InChI=1S/C24H22N2O4/c1-16-10-12-18(13-11-16)30-19-7-5-6-17(14-19)23(27)25-20-15-29-22-9-4-3-8-21(22)26(2)24(20)28/h3-14,20H,15H2,1-2H3,(H,25,27). The molecule has 30 heavy (non-hydrogen) atoms. The third kappa shape index (κ3) is 4.12. The maximum absolute atomic E-state index is 12.8. The minimum Gasteiger partial charge on any atom is -0.489 e. The van der Waals surface area contributed by atoms with E-state index in [0.717, 1.165) is 5.56 Å². The van der Waals surface area contributed by atoms with E-state index in [4.69, 9.17) is 9.47 Å². The Hall–Kier alpha value is -3.80. The second-order valence-electron chi connectivity index (χ2n) is 7.14. The molecule has 2 amide bonds. The van der Waals surface area contributed by atoms with Crippen molar-refractivity contribution in [2.24, 2.45) is 0 Å². The van der Waals surface area contributed by atoms with Crippen LogP contribution in [-0.2, 0) is 4.79 Å². The summed E-state index contributed by atoms with van der Waals surface area (Å²) in [5.74, 6) is 1.23. The maximum Gasteiger partial charge on any atom is 0.252 e. The molecule has 0 fully saturated rings. The Labute approximate surface area is 175 Å². The Balaban J connectivity index is 1.47. The smallest absolute Gasteiger partial charge is 0.252 e. The van der Waals surface area contributed by atoms with Gasteiger partial charge in [-0.3, -0.25) is 9.59 Å². The van der Waals surface area contributed by atoms with Gasteiger partial charge in [-0.25, -0.2) is 0 Å². The minimum absolute atomic E-state index is 0.0610. The van der Waals surface area contributed by atoms with Crippen molar-refractivity contribution in [1.29, 1.82) is 0 Å². The number of carbonyl (C=O) groups excluding carboxylic acids is 2. The summed E-state index contributed by atoms with van der Waals surface area (Å²) in [7, 11) is 1.67. The van der Waals surface area contributed by atoms with Crippen LogP contribution in [0.4, 0.5) is 5.69 Å². The Morgan fingerprint density at radius 1 is 1.03 bits per heavy atom. The van der Waals surface area contributed by atoms with E-state index in [9.17, 15) is 9.59 Å². The number of hydrogen-bond acceptors (Lipinski definition) is 4.